The van der Waals surface area contributed by atoms with Gasteiger partial charge in [-0.3, -0.25) is 9.69 Å². The molecule has 8 nitrogen and oxygen atoms in total. The first-order valence-corrected chi connectivity index (χ1v) is 9.34. The summed E-state index contributed by atoms with van der Waals surface area (Å²) in [5, 5.41) is 4.06. The number of halogens is 1. The molecule has 1 aliphatic heterocycles. The maximum absolute atomic E-state index is 12.3. The molecule has 0 radical (unpaired) electrons. The lowest BCUT2D eigenvalue weighted by Gasteiger charge is -2.35. The second-order valence-corrected chi connectivity index (χ2v) is 6.74. The Kier molecular flexibility index (Phi) is 8.22. The number of hydrogen-bond acceptors (Lipinski definition) is 7. The molecule has 2 aromatic rings. The number of carbonyl (C=O) groups excluding carboxylic acids is 1. The van der Waals surface area contributed by atoms with Crippen molar-refractivity contribution < 1.29 is 14.1 Å². The molecule has 0 bridgehead atoms. The number of nitrogens with two attached hydrogens (primary N) is 1. The van der Waals surface area contributed by atoms with Crippen molar-refractivity contribution in [3.8, 4) is 17.1 Å². The van der Waals surface area contributed by atoms with Crippen molar-refractivity contribution >= 4 is 18.3 Å². The molecule has 9 heteroatoms. The van der Waals surface area contributed by atoms with E-state index in [1.807, 2.05) is 36.1 Å². The first-order valence-electron chi connectivity index (χ1n) is 9.34. The lowest BCUT2D eigenvalue weighted by molar-refractivity contribution is -0.134. The minimum Gasteiger partial charge on any atom is -0.497 e. The summed E-state index contributed by atoms with van der Waals surface area (Å²) < 4.78 is 10.5. The largest absolute Gasteiger partial charge is 0.497 e. The van der Waals surface area contributed by atoms with E-state index in [9.17, 15) is 4.79 Å². The number of nitrogens with zero attached hydrogens (tertiary/aromatic N) is 4. The van der Waals surface area contributed by atoms with Gasteiger partial charge in [0.1, 0.15) is 5.75 Å². The van der Waals surface area contributed by atoms with Gasteiger partial charge < -0.3 is 19.9 Å². The zero-order chi connectivity index (χ0) is 19.2. The molecule has 1 aromatic carbocycles. The van der Waals surface area contributed by atoms with Crippen LogP contribution in [0.25, 0.3) is 11.4 Å². The van der Waals surface area contributed by atoms with Gasteiger partial charge in [0, 0.05) is 31.7 Å². The minimum atomic E-state index is -0.385. The van der Waals surface area contributed by atoms with Crippen LogP contribution in [0.5, 0.6) is 5.75 Å². The summed E-state index contributed by atoms with van der Waals surface area (Å²) in [6, 6.07) is 7.15. The van der Waals surface area contributed by atoms with Gasteiger partial charge in [0.25, 0.3) is 0 Å². The van der Waals surface area contributed by atoms with Gasteiger partial charge in [0.2, 0.25) is 17.6 Å². The summed E-state index contributed by atoms with van der Waals surface area (Å²) in [6.45, 7) is 5.50. The van der Waals surface area contributed by atoms with Crippen LogP contribution in [-0.4, -0.2) is 65.2 Å². The second kappa shape index (κ2) is 10.4. The number of amides is 1. The first-order chi connectivity index (χ1) is 13.1. The zero-order valence-corrected chi connectivity index (χ0v) is 17.2. The fourth-order valence-electron chi connectivity index (χ4n) is 3.16. The van der Waals surface area contributed by atoms with Crippen LogP contribution in [0.4, 0.5) is 0 Å². The molecule has 0 spiro atoms. The highest BCUT2D eigenvalue weighted by Gasteiger charge is 2.25. The van der Waals surface area contributed by atoms with Gasteiger partial charge in [-0.2, -0.15) is 4.98 Å². The molecule has 1 saturated heterocycles. The van der Waals surface area contributed by atoms with Crippen LogP contribution in [0.1, 0.15) is 25.7 Å². The number of methoxy groups -OCH3 is 1. The third-order valence-electron chi connectivity index (χ3n) is 4.78. The Morgan fingerprint density at radius 3 is 2.54 bits per heavy atom. The van der Waals surface area contributed by atoms with E-state index in [0.717, 1.165) is 37.2 Å². The van der Waals surface area contributed by atoms with Crippen molar-refractivity contribution in [3.63, 3.8) is 0 Å². The van der Waals surface area contributed by atoms with Gasteiger partial charge in [-0.15, -0.1) is 12.4 Å². The Morgan fingerprint density at radius 2 is 1.93 bits per heavy atom. The number of piperazine rings is 1. The SMILES string of the molecule is CCCC(N)C(=O)N1CCN(Cc2nc(-c3ccc(OC)cc3)no2)CC1.Cl. The standard InChI is InChI=1S/C19H27N5O3.ClH/c1-3-4-16(20)19(25)24-11-9-23(10-12-24)13-17-21-18(22-27-17)14-5-7-15(26-2)8-6-14;/h5-8,16H,3-4,9-13,20H2,1-2H3;1H. The number of rotatable bonds is 7. The molecule has 0 saturated carbocycles. The lowest BCUT2D eigenvalue weighted by atomic mass is 10.1. The van der Waals surface area contributed by atoms with Crippen LogP contribution in [-0.2, 0) is 11.3 Å². The summed E-state index contributed by atoms with van der Waals surface area (Å²) in [4.78, 5) is 20.8. The van der Waals surface area contributed by atoms with Crippen molar-refractivity contribution in [2.75, 3.05) is 33.3 Å². The fourth-order valence-corrected chi connectivity index (χ4v) is 3.16. The molecular weight excluding hydrogens is 382 g/mol. The Hall–Kier alpha value is -2.16. The van der Waals surface area contributed by atoms with E-state index < -0.39 is 0 Å². The molecule has 3 rings (SSSR count). The van der Waals surface area contributed by atoms with Gasteiger partial charge in [-0.25, -0.2) is 0 Å². The van der Waals surface area contributed by atoms with Crippen molar-refractivity contribution in [1.29, 1.82) is 0 Å². The molecule has 0 aliphatic carbocycles. The van der Waals surface area contributed by atoms with Crippen LogP contribution in [0, 0.1) is 0 Å². The van der Waals surface area contributed by atoms with Gasteiger partial charge >= 0.3 is 0 Å². The fraction of sp³-hybridized carbons (Fsp3) is 0.526. The molecular formula is C19H28ClN5O3. The number of ether oxygens (including phenoxy) is 1. The molecule has 1 aliphatic rings. The van der Waals surface area contributed by atoms with E-state index in [-0.39, 0.29) is 24.4 Å². The summed E-state index contributed by atoms with van der Waals surface area (Å²) >= 11 is 0. The summed E-state index contributed by atoms with van der Waals surface area (Å²) in [5.41, 5.74) is 6.83. The lowest BCUT2D eigenvalue weighted by Crippen LogP contribution is -2.52. The second-order valence-electron chi connectivity index (χ2n) is 6.74. The molecule has 154 valence electrons. The van der Waals surface area contributed by atoms with E-state index in [1.54, 1.807) is 7.11 Å². The van der Waals surface area contributed by atoms with Gasteiger partial charge in [0.15, 0.2) is 0 Å². The number of carbonyl (C=O) groups is 1. The van der Waals surface area contributed by atoms with E-state index in [2.05, 4.69) is 15.0 Å². The van der Waals surface area contributed by atoms with Gasteiger partial charge in [0.05, 0.1) is 19.7 Å². The molecule has 1 fully saturated rings. The molecule has 1 aromatic heterocycles. The van der Waals surface area contributed by atoms with Crippen LogP contribution in [0.2, 0.25) is 0 Å². The smallest absolute Gasteiger partial charge is 0.241 e. The van der Waals surface area contributed by atoms with Gasteiger partial charge in [-0.05, 0) is 30.7 Å². The van der Waals surface area contributed by atoms with Crippen LogP contribution < -0.4 is 10.5 Å². The van der Waals surface area contributed by atoms with Crippen LogP contribution >= 0.6 is 12.4 Å². The monoisotopic (exact) mass is 409 g/mol. The van der Waals surface area contributed by atoms with Crippen LogP contribution in [0.15, 0.2) is 28.8 Å². The topological polar surface area (TPSA) is 97.7 Å². The molecule has 2 heterocycles. The summed E-state index contributed by atoms with van der Waals surface area (Å²) in [5.74, 6) is 1.97. The molecule has 1 atom stereocenters. The van der Waals surface area contributed by atoms with E-state index >= 15 is 0 Å². The summed E-state index contributed by atoms with van der Waals surface area (Å²) in [7, 11) is 1.63. The van der Waals surface area contributed by atoms with E-state index in [0.29, 0.717) is 31.3 Å². The highest BCUT2D eigenvalue weighted by Crippen LogP contribution is 2.20. The number of hydrogen-bond donors (Lipinski definition) is 1. The van der Waals surface area contributed by atoms with Crippen LogP contribution in [0.3, 0.4) is 0 Å². The van der Waals surface area contributed by atoms with Crippen molar-refractivity contribution in [1.82, 2.24) is 19.9 Å². The van der Waals surface area contributed by atoms with Crippen molar-refractivity contribution in [2.45, 2.75) is 32.4 Å². The van der Waals surface area contributed by atoms with Crippen molar-refractivity contribution in [3.05, 3.63) is 30.2 Å². The van der Waals surface area contributed by atoms with E-state index in [1.165, 1.54) is 0 Å². The predicted octanol–water partition coefficient (Wildman–Crippen LogP) is 1.94. The number of aromatic nitrogens is 2. The van der Waals surface area contributed by atoms with E-state index in [4.69, 9.17) is 15.0 Å². The average Bonchev–Trinajstić information content (AvgIpc) is 3.17. The minimum absolute atomic E-state index is 0. The molecule has 1 unspecified atom stereocenters. The Bertz CT molecular complexity index is 744. The Labute approximate surface area is 171 Å². The maximum Gasteiger partial charge on any atom is 0.241 e. The Morgan fingerprint density at radius 1 is 1.25 bits per heavy atom. The molecule has 2 N–H and O–H groups in total. The Balaban J connectivity index is 0.00000280. The maximum atomic E-state index is 12.3. The molecule has 28 heavy (non-hydrogen) atoms. The van der Waals surface area contributed by atoms with Crippen molar-refractivity contribution in [2.24, 2.45) is 5.73 Å². The number of benzene rings is 1. The molecule has 1 amide bonds. The first kappa shape index (κ1) is 22.1. The quantitative estimate of drug-likeness (QED) is 0.746. The average molecular weight is 410 g/mol. The third-order valence-corrected chi connectivity index (χ3v) is 4.78. The zero-order valence-electron chi connectivity index (χ0n) is 16.3. The highest BCUT2D eigenvalue weighted by molar-refractivity contribution is 5.85. The third kappa shape index (κ3) is 5.43. The summed E-state index contributed by atoms with van der Waals surface area (Å²) in [6.07, 6.45) is 1.65. The van der Waals surface area contributed by atoms with Gasteiger partial charge in [-0.1, -0.05) is 18.5 Å². The highest BCUT2D eigenvalue weighted by atomic mass is 35.5. The normalized spacial score (nSPS) is 15.8. The predicted molar refractivity (Wildman–Crippen MR) is 108 cm³/mol.